The molecule has 1 N–H and O–H groups in total. The molecule has 140 valence electrons. The highest BCUT2D eigenvalue weighted by molar-refractivity contribution is 5.64. The third-order valence-corrected chi connectivity index (χ3v) is 4.90. The Morgan fingerprint density at radius 3 is 2.41 bits per heavy atom. The molecule has 2 aromatic carbocycles. The van der Waals surface area contributed by atoms with Crippen LogP contribution in [0.2, 0.25) is 0 Å². The summed E-state index contributed by atoms with van der Waals surface area (Å²) < 4.78 is 10.7. The molecule has 27 heavy (non-hydrogen) atoms. The molecule has 4 rings (SSSR count). The van der Waals surface area contributed by atoms with E-state index in [4.69, 9.17) is 9.47 Å². The minimum atomic E-state index is 0.618. The highest BCUT2D eigenvalue weighted by Gasteiger charge is 2.14. The van der Waals surface area contributed by atoms with Gasteiger partial charge in [0, 0.05) is 23.7 Å². The Morgan fingerprint density at radius 2 is 1.70 bits per heavy atom. The van der Waals surface area contributed by atoms with Crippen LogP contribution in [-0.4, -0.2) is 47.4 Å². The Bertz CT molecular complexity index is 894. The molecule has 0 aliphatic carbocycles. The van der Waals surface area contributed by atoms with E-state index in [0.717, 1.165) is 23.5 Å². The molecular weight excluding hydrogens is 340 g/mol. The van der Waals surface area contributed by atoms with Gasteiger partial charge in [-0.3, -0.25) is 10.00 Å². The number of nitrogens with one attached hydrogen (secondary N) is 1. The van der Waals surface area contributed by atoms with Crippen LogP contribution >= 0.6 is 0 Å². The van der Waals surface area contributed by atoms with Crippen molar-refractivity contribution in [3.63, 3.8) is 0 Å². The second-order valence-corrected chi connectivity index (χ2v) is 6.79. The molecule has 6 nitrogen and oxygen atoms in total. The van der Waals surface area contributed by atoms with Crippen LogP contribution in [0, 0.1) is 0 Å². The summed E-state index contributed by atoms with van der Waals surface area (Å²) in [7, 11) is 3.27. The lowest BCUT2D eigenvalue weighted by Crippen LogP contribution is -2.18. The summed E-state index contributed by atoms with van der Waals surface area (Å²) in [6.45, 7) is 3.37. The van der Waals surface area contributed by atoms with E-state index in [1.807, 2.05) is 18.2 Å². The Hall–Kier alpha value is -2.86. The van der Waals surface area contributed by atoms with E-state index in [0.29, 0.717) is 17.3 Å². The molecule has 1 aromatic heterocycles. The lowest BCUT2D eigenvalue weighted by Gasteiger charge is -2.14. The summed E-state index contributed by atoms with van der Waals surface area (Å²) in [6.07, 6.45) is 2.60. The molecular formula is C21H24N4O2. The number of hydrogen-bond donors (Lipinski definition) is 1. The van der Waals surface area contributed by atoms with Crippen molar-refractivity contribution < 1.29 is 9.47 Å². The van der Waals surface area contributed by atoms with Crippen molar-refractivity contribution in [1.82, 2.24) is 20.1 Å². The highest BCUT2D eigenvalue weighted by Crippen LogP contribution is 2.29. The third-order valence-electron chi connectivity index (χ3n) is 4.90. The fourth-order valence-corrected chi connectivity index (χ4v) is 3.47. The maximum absolute atomic E-state index is 5.34. The van der Waals surface area contributed by atoms with E-state index in [1.165, 1.54) is 31.5 Å². The Balaban J connectivity index is 1.59. The second kappa shape index (κ2) is 7.80. The predicted molar refractivity (Wildman–Crippen MR) is 105 cm³/mol. The summed E-state index contributed by atoms with van der Waals surface area (Å²) in [6, 6.07) is 14.1. The van der Waals surface area contributed by atoms with E-state index >= 15 is 0 Å². The van der Waals surface area contributed by atoms with Gasteiger partial charge in [-0.05, 0) is 49.7 Å². The average Bonchev–Trinajstić information content (AvgIpc) is 3.40. The monoisotopic (exact) mass is 364 g/mol. The van der Waals surface area contributed by atoms with Crippen molar-refractivity contribution >= 4 is 0 Å². The number of likely N-dealkylation sites (tertiary alicyclic amines) is 1. The van der Waals surface area contributed by atoms with Gasteiger partial charge in [0.25, 0.3) is 0 Å². The molecule has 0 spiro atoms. The quantitative estimate of drug-likeness (QED) is 0.722. The molecule has 6 heteroatoms. The zero-order chi connectivity index (χ0) is 18.6. The van der Waals surface area contributed by atoms with Crippen molar-refractivity contribution in [2.75, 3.05) is 27.3 Å². The molecule has 0 bridgehead atoms. The zero-order valence-electron chi connectivity index (χ0n) is 15.7. The summed E-state index contributed by atoms with van der Waals surface area (Å²) in [5.74, 6) is 2.80. The zero-order valence-corrected chi connectivity index (χ0v) is 15.7. The first-order valence-electron chi connectivity index (χ1n) is 9.22. The topological polar surface area (TPSA) is 63.3 Å². The molecule has 1 saturated heterocycles. The first-order valence-corrected chi connectivity index (χ1v) is 9.22. The normalized spacial score (nSPS) is 14.4. The molecule has 0 radical (unpaired) electrons. The van der Waals surface area contributed by atoms with Gasteiger partial charge >= 0.3 is 0 Å². The maximum Gasteiger partial charge on any atom is 0.181 e. The Kier molecular flexibility index (Phi) is 5.07. The van der Waals surface area contributed by atoms with Crippen LogP contribution in [0.25, 0.3) is 22.8 Å². The van der Waals surface area contributed by atoms with Gasteiger partial charge in [0.15, 0.2) is 11.6 Å². The summed E-state index contributed by atoms with van der Waals surface area (Å²) >= 11 is 0. The van der Waals surface area contributed by atoms with Crippen LogP contribution in [0.4, 0.5) is 0 Å². The standard InChI is InChI=1S/C21H24N4O2/c1-26-18-11-17(12-19(13-18)27-2)21-22-20(23-24-21)16-7-5-6-15(10-16)14-25-8-3-4-9-25/h5-7,10-13H,3-4,8-9,14H2,1-2H3,(H,22,23,24). The summed E-state index contributed by atoms with van der Waals surface area (Å²) in [5.41, 5.74) is 3.19. The number of H-pyrrole nitrogens is 1. The lowest BCUT2D eigenvalue weighted by molar-refractivity contribution is 0.331. The highest BCUT2D eigenvalue weighted by atomic mass is 16.5. The van der Waals surface area contributed by atoms with E-state index in [9.17, 15) is 0 Å². The van der Waals surface area contributed by atoms with E-state index in [2.05, 4.69) is 44.3 Å². The van der Waals surface area contributed by atoms with E-state index in [1.54, 1.807) is 14.2 Å². The molecule has 0 amide bonds. The van der Waals surface area contributed by atoms with Gasteiger partial charge in [-0.1, -0.05) is 18.2 Å². The van der Waals surface area contributed by atoms with Gasteiger partial charge in [0.2, 0.25) is 0 Å². The van der Waals surface area contributed by atoms with Gasteiger partial charge in [-0.15, -0.1) is 0 Å². The van der Waals surface area contributed by atoms with Crippen LogP contribution in [0.1, 0.15) is 18.4 Å². The molecule has 0 saturated carbocycles. The maximum atomic E-state index is 5.34. The Labute approximate surface area is 159 Å². The number of hydrogen-bond acceptors (Lipinski definition) is 5. The number of nitrogens with zero attached hydrogens (tertiary/aromatic N) is 3. The van der Waals surface area contributed by atoms with Crippen LogP contribution in [0.5, 0.6) is 11.5 Å². The smallest absolute Gasteiger partial charge is 0.181 e. The van der Waals surface area contributed by atoms with Crippen molar-refractivity contribution in [2.45, 2.75) is 19.4 Å². The van der Waals surface area contributed by atoms with Gasteiger partial charge in [0.05, 0.1) is 14.2 Å². The largest absolute Gasteiger partial charge is 0.497 e. The van der Waals surface area contributed by atoms with Gasteiger partial charge in [-0.2, -0.15) is 5.10 Å². The fraction of sp³-hybridized carbons (Fsp3) is 0.333. The average molecular weight is 364 g/mol. The number of rotatable bonds is 6. The van der Waals surface area contributed by atoms with Crippen LogP contribution in [0.15, 0.2) is 42.5 Å². The molecule has 1 aliphatic heterocycles. The van der Waals surface area contributed by atoms with E-state index < -0.39 is 0 Å². The first-order chi connectivity index (χ1) is 13.2. The van der Waals surface area contributed by atoms with Crippen molar-refractivity contribution in [3.05, 3.63) is 48.0 Å². The van der Waals surface area contributed by atoms with Crippen molar-refractivity contribution in [3.8, 4) is 34.3 Å². The van der Waals surface area contributed by atoms with E-state index in [-0.39, 0.29) is 0 Å². The molecule has 0 atom stereocenters. The van der Waals surface area contributed by atoms with Crippen LogP contribution in [-0.2, 0) is 6.54 Å². The molecule has 2 heterocycles. The van der Waals surface area contributed by atoms with Crippen molar-refractivity contribution in [2.24, 2.45) is 0 Å². The molecule has 3 aromatic rings. The summed E-state index contributed by atoms with van der Waals surface area (Å²) in [4.78, 5) is 7.18. The summed E-state index contributed by atoms with van der Waals surface area (Å²) in [5, 5.41) is 7.45. The fourth-order valence-electron chi connectivity index (χ4n) is 3.47. The van der Waals surface area contributed by atoms with Crippen LogP contribution in [0.3, 0.4) is 0 Å². The number of aromatic nitrogens is 3. The number of benzene rings is 2. The number of aromatic amines is 1. The third kappa shape index (κ3) is 3.95. The lowest BCUT2D eigenvalue weighted by atomic mass is 10.1. The minimum absolute atomic E-state index is 0.618. The molecule has 0 unspecified atom stereocenters. The first kappa shape index (κ1) is 17.5. The van der Waals surface area contributed by atoms with Gasteiger partial charge in [-0.25, -0.2) is 4.98 Å². The number of ether oxygens (including phenoxy) is 2. The second-order valence-electron chi connectivity index (χ2n) is 6.79. The van der Waals surface area contributed by atoms with Crippen molar-refractivity contribution in [1.29, 1.82) is 0 Å². The minimum Gasteiger partial charge on any atom is -0.497 e. The van der Waals surface area contributed by atoms with Crippen LogP contribution < -0.4 is 9.47 Å². The predicted octanol–water partition coefficient (Wildman–Crippen LogP) is 3.75. The number of methoxy groups -OCH3 is 2. The molecule has 1 aliphatic rings. The Morgan fingerprint density at radius 1 is 0.963 bits per heavy atom. The van der Waals surface area contributed by atoms with Gasteiger partial charge < -0.3 is 9.47 Å². The molecule has 1 fully saturated rings. The van der Waals surface area contributed by atoms with Gasteiger partial charge in [0.1, 0.15) is 11.5 Å². The SMILES string of the molecule is COc1cc(OC)cc(-c2n[nH]c(-c3cccc(CN4CCCC4)c3)n2)c1.